The lowest BCUT2D eigenvalue weighted by atomic mass is 9.66. The molecule has 5 N–H and O–H groups in total. The van der Waals surface area contributed by atoms with Crippen molar-refractivity contribution in [2.24, 2.45) is 11.8 Å². The van der Waals surface area contributed by atoms with Crippen molar-refractivity contribution in [2.45, 2.75) is 36.9 Å². The minimum absolute atomic E-state index is 0.0306. The second-order valence-corrected chi connectivity index (χ2v) is 10.1. The van der Waals surface area contributed by atoms with Gasteiger partial charge in [0.25, 0.3) is 0 Å². The molecule has 1 unspecified atom stereocenters. The van der Waals surface area contributed by atoms with Crippen molar-refractivity contribution in [1.29, 1.82) is 0 Å². The van der Waals surface area contributed by atoms with Crippen LogP contribution in [-0.2, 0) is 15.9 Å². The van der Waals surface area contributed by atoms with Gasteiger partial charge in [0.05, 0.1) is 20.3 Å². The van der Waals surface area contributed by atoms with Gasteiger partial charge in [-0.15, -0.1) is 0 Å². The van der Waals surface area contributed by atoms with Crippen molar-refractivity contribution < 1.29 is 39.7 Å². The van der Waals surface area contributed by atoms with Crippen LogP contribution >= 0.6 is 0 Å². The maximum Gasteiger partial charge on any atom is 0.186 e. The molecule has 0 saturated carbocycles. The lowest BCUT2D eigenvalue weighted by molar-refractivity contribution is -0.274. The Morgan fingerprint density at radius 2 is 1.71 bits per heavy atom. The van der Waals surface area contributed by atoms with Crippen LogP contribution in [0.4, 0.5) is 0 Å². The highest BCUT2D eigenvalue weighted by Gasteiger charge is 2.42. The maximum absolute atomic E-state index is 10.4. The van der Waals surface area contributed by atoms with Crippen LogP contribution in [0.1, 0.15) is 22.6 Å². The van der Waals surface area contributed by atoms with E-state index in [-0.39, 0.29) is 43.3 Å². The molecule has 8 heteroatoms. The van der Waals surface area contributed by atoms with E-state index < -0.39 is 24.6 Å². The standard InChI is InChI=1S/C30H34O8/c1-36-26-13-20(9-10-24(26)32)27-22-12-18(17-5-3-2-4-6-17)7-8-19(22)11-21(14-31)23(27)15-37-30-29(35)28(34)25(33)16-38-30/h2-10,12-13,21,23,25,27-35H,11,14-16H2,1H3/t21-,23-,25-,27?,28+,29-,30-/m1/s1. The molecule has 3 aromatic rings. The van der Waals surface area contributed by atoms with Crippen LogP contribution < -0.4 is 4.74 Å². The van der Waals surface area contributed by atoms with Gasteiger partial charge in [0.15, 0.2) is 17.8 Å². The number of aromatic hydroxyl groups is 1. The first-order chi connectivity index (χ1) is 18.4. The predicted octanol–water partition coefficient (Wildman–Crippen LogP) is 2.44. The van der Waals surface area contributed by atoms with E-state index in [1.165, 1.54) is 7.11 Å². The van der Waals surface area contributed by atoms with E-state index in [0.717, 1.165) is 27.8 Å². The lowest BCUT2D eigenvalue weighted by Crippen LogP contribution is -2.54. The Bertz CT molecular complexity index is 1230. The predicted molar refractivity (Wildman–Crippen MR) is 140 cm³/mol. The van der Waals surface area contributed by atoms with Gasteiger partial charge in [-0.25, -0.2) is 0 Å². The highest BCUT2D eigenvalue weighted by molar-refractivity contribution is 5.66. The maximum atomic E-state index is 10.4. The summed E-state index contributed by atoms with van der Waals surface area (Å²) in [6.07, 6.45) is -4.44. The second-order valence-electron chi connectivity index (χ2n) is 10.1. The lowest BCUT2D eigenvalue weighted by Gasteiger charge is -2.41. The van der Waals surface area contributed by atoms with E-state index in [2.05, 4.69) is 30.3 Å². The smallest absolute Gasteiger partial charge is 0.186 e. The van der Waals surface area contributed by atoms with Crippen molar-refractivity contribution in [3.05, 3.63) is 83.4 Å². The van der Waals surface area contributed by atoms with Gasteiger partial charge < -0.3 is 39.7 Å². The van der Waals surface area contributed by atoms with Crippen LogP contribution in [0.5, 0.6) is 11.5 Å². The fraction of sp³-hybridized carbons (Fsp3) is 0.400. The Balaban J connectivity index is 1.55. The summed E-state index contributed by atoms with van der Waals surface area (Å²) in [6, 6.07) is 21.7. The average molecular weight is 523 g/mol. The molecule has 5 rings (SSSR count). The van der Waals surface area contributed by atoms with E-state index in [1.54, 1.807) is 12.1 Å². The van der Waals surface area contributed by atoms with Gasteiger partial charge in [-0.1, -0.05) is 54.6 Å². The van der Waals surface area contributed by atoms with Gasteiger partial charge >= 0.3 is 0 Å². The summed E-state index contributed by atoms with van der Waals surface area (Å²) in [6.45, 7) is -0.105. The SMILES string of the molecule is COc1cc(C2c3cc(-c4ccccc4)ccc3C[C@H](CO)[C@H]2CO[C@@H]2OC[C@@H](O)[C@H](O)[C@H]2O)ccc1O. The van der Waals surface area contributed by atoms with E-state index in [1.807, 2.05) is 24.3 Å². The van der Waals surface area contributed by atoms with E-state index in [9.17, 15) is 25.5 Å². The van der Waals surface area contributed by atoms with Crippen LogP contribution in [0.15, 0.2) is 66.7 Å². The van der Waals surface area contributed by atoms with Crippen molar-refractivity contribution in [1.82, 2.24) is 0 Å². The van der Waals surface area contributed by atoms with E-state index >= 15 is 0 Å². The molecule has 1 saturated heterocycles. The van der Waals surface area contributed by atoms with Gasteiger partial charge in [-0.2, -0.15) is 0 Å². The fourth-order valence-corrected chi connectivity index (χ4v) is 5.70. The molecule has 7 atom stereocenters. The summed E-state index contributed by atoms with van der Waals surface area (Å²) in [5, 5.41) is 51.0. The molecule has 1 heterocycles. The summed E-state index contributed by atoms with van der Waals surface area (Å²) in [4.78, 5) is 0. The minimum Gasteiger partial charge on any atom is -0.504 e. The molecule has 3 aromatic carbocycles. The largest absolute Gasteiger partial charge is 0.504 e. The van der Waals surface area contributed by atoms with Crippen LogP contribution in [0.25, 0.3) is 11.1 Å². The van der Waals surface area contributed by atoms with Crippen LogP contribution in [0.2, 0.25) is 0 Å². The highest BCUT2D eigenvalue weighted by atomic mass is 16.7. The fourth-order valence-electron chi connectivity index (χ4n) is 5.70. The number of hydrogen-bond donors (Lipinski definition) is 5. The molecule has 1 aliphatic heterocycles. The summed E-state index contributed by atoms with van der Waals surface area (Å²) < 4.78 is 16.9. The van der Waals surface area contributed by atoms with E-state index in [4.69, 9.17) is 14.2 Å². The number of methoxy groups -OCH3 is 1. The number of fused-ring (bicyclic) bond motifs is 1. The summed E-state index contributed by atoms with van der Waals surface area (Å²) >= 11 is 0. The number of rotatable bonds is 7. The summed E-state index contributed by atoms with van der Waals surface area (Å²) in [5.74, 6) is -0.246. The first kappa shape index (κ1) is 26.6. The third-order valence-corrected chi connectivity index (χ3v) is 7.81. The van der Waals surface area contributed by atoms with Gasteiger partial charge in [0.1, 0.15) is 18.3 Å². The molecule has 38 heavy (non-hydrogen) atoms. The number of benzene rings is 3. The molecule has 0 radical (unpaired) electrons. The molecule has 0 bridgehead atoms. The zero-order valence-corrected chi connectivity index (χ0v) is 21.2. The van der Waals surface area contributed by atoms with E-state index in [0.29, 0.717) is 12.2 Å². The van der Waals surface area contributed by atoms with Crippen LogP contribution in [-0.4, -0.2) is 77.1 Å². The molecule has 0 spiro atoms. The summed E-state index contributed by atoms with van der Waals surface area (Å²) in [5.41, 5.74) is 5.23. The van der Waals surface area contributed by atoms with Crippen LogP contribution in [0.3, 0.4) is 0 Å². The first-order valence-corrected chi connectivity index (χ1v) is 12.8. The Labute approximate surface area is 221 Å². The van der Waals surface area contributed by atoms with Gasteiger partial charge in [0, 0.05) is 12.5 Å². The molecule has 0 aromatic heterocycles. The zero-order valence-electron chi connectivity index (χ0n) is 21.2. The third-order valence-electron chi connectivity index (χ3n) is 7.81. The van der Waals surface area contributed by atoms with Crippen molar-refractivity contribution in [2.75, 3.05) is 26.9 Å². The van der Waals surface area contributed by atoms with Crippen molar-refractivity contribution in [3.63, 3.8) is 0 Å². The Kier molecular flexibility index (Phi) is 7.99. The second kappa shape index (κ2) is 11.4. The normalized spacial score (nSPS) is 29.0. The highest BCUT2D eigenvalue weighted by Crippen LogP contribution is 2.46. The van der Waals surface area contributed by atoms with Gasteiger partial charge in [-0.05, 0) is 58.2 Å². The number of aliphatic hydroxyl groups excluding tert-OH is 4. The Morgan fingerprint density at radius 3 is 2.45 bits per heavy atom. The quantitative estimate of drug-likeness (QED) is 0.320. The zero-order chi connectivity index (χ0) is 26.8. The number of phenols is 1. The van der Waals surface area contributed by atoms with Crippen LogP contribution in [0, 0.1) is 11.8 Å². The Hall–Kier alpha value is -2.98. The van der Waals surface area contributed by atoms with Gasteiger partial charge in [-0.3, -0.25) is 0 Å². The monoisotopic (exact) mass is 522 g/mol. The van der Waals surface area contributed by atoms with Crippen molar-refractivity contribution in [3.8, 4) is 22.6 Å². The molecule has 1 fully saturated rings. The topological polar surface area (TPSA) is 129 Å². The van der Waals surface area contributed by atoms with Crippen molar-refractivity contribution >= 4 is 0 Å². The first-order valence-electron chi connectivity index (χ1n) is 12.8. The average Bonchev–Trinajstić information content (AvgIpc) is 2.95. The molecular formula is C30H34O8. The number of phenolic OH excluding ortho intramolecular Hbond substituents is 1. The molecule has 0 amide bonds. The third kappa shape index (κ3) is 5.16. The molecule has 8 nitrogen and oxygen atoms in total. The molecule has 1 aliphatic carbocycles. The molecular weight excluding hydrogens is 488 g/mol. The number of aliphatic hydroxyl groups is 4. The molecule has 202 valence electrons. The summed E-state index contributed by atoms with van der Waals surface area (Å²) in [7, 11) is 1.50. The molecule has 2 aliphatic rings. The Morgan fingerprint density at radius 1 is 0.921 bits per heavy atom. The minimum atomic E-state index is -1.40. The number of hydrogen-bond acceptors (Lipinski definition) is 8. The number of ether oxygens (including phenoxy) is 3. The van der Waals surface area contributed by atoms with Gasteiger partial charge in [0.2, 0.25) is 0 Å².